The van der Waals surface area contributed by atoms with E-state index < -0.39 is 0 Å². The van der Waals surface area contributed by atoms with Crippen LogP contribution in [0.4, 0.5) is 0 Å². The van der Waals surface area contributed by atoms with Crippen molar-refractivity contribution in [3.8, 4) is 11.1 Å². The molecule has 0 saturated carbocycles. The van der Waals surface area contributed by atoms with Crippen LogP contribution in [0.2, 0.25) is 0 Å². The first-order chi connectivity index (χ1) is 16.1. The molecule has 0 aliphatic carbocycles. The van der Waals surface area contributed by atoms with E-state index in [1.165, 1.54) is 27.6 Å². The predicted octanol–water partition coefficient (Wildman–Crippen LogP) is 4.10. The van der Waals surface area contributed by atoms with Crippen molar-refractivity contribution in [1.29, 1.82) is 0 Å². The van der Waals surface area contributed by atoms with Crippen LogP contribution in [0.3, 0.4) is 0 Å². The second kappa shape index (κ2) is 8.14. The van der Waals surface area contributed by atoms with Crippen LogP contribution in [0.1, 0.15) is 37.8 Å². The van der Waals surface area contributed by atoms with Gasteiger partial charge in [-0.15, -0.1) is 0 Å². The monoisotopic (exact) mass is 441 g/mol. The predicted molar refractivity (Wildman–Crippen MR) is 131 cm³/mol. The molecule has 3 aliphatic heterocycles. The molecule has 5 heteroatoms. The van der Waals surface area contributed by atoms with E-state index in [2.05, 4.69) is 51.9 Å². The molecule has 33 heavy (non-hydrogen) atoms. The summed E-state index contributed by atoms with van der Waals surface area (Å²) in [5, 5.41) is 2.47. The summed E-state index contributed by atoms with van der Waals surface area (Å²) in [6, 6.07) is 19.4. The lowest BCUT2D eigenvalue weighted by atomic mass is 9.79. The molecule has 1 amide bonds. The van der Waals surface area contributed by atoms with Crippen molar-refractivity contribution in [2.75, 3.05) is 26.2 Å². The molecule has 4 heterocycles. The van der Waals surface area contributed by atoms with Crippen LogP contribution in [0.25, 0.3) is 21.9 Å². The van der Waals surface area contributed by atoms with Gasteiger partial charge in [-0.25, -0.2) is 0 Å². The Morgan fingerprint density at radius 1 is 0.909 bits per heavy atom. The standard InChI is InChI=1S/C28H31N3O2/c1-19(32)29-12-10-25(11-13-29)30-16-20-14-24(18-30)28-26(8-9-27(33)31(28)17-20)23-7-6-21-4-2-3-5-22(21)15-23/h2-9,15,20,24-25H,10-14,16-18H2,1H3/t20-,24-/m1/s1. The lowest BCUT2D eigenvalue weighted by Crippen LogP contribution is -2.53. The number of piperidine rings is 2. The maximum Gasteiger partial charge on any atom is 0.250 e. The first-order valence-corrected chi connectivity index (χ1v) is 12.3. The van der Waals surface area contributed by atoms with Crippen LogP contribution in [0.15, 0.2) is 59.4 Å². The van der Waals surface area contributed by atoms with E-state index >= 15 is 0 Å². The van der Waals surface area contributed by atoms with Gasteiger partial charge in [-0.05, 0) is 53.6 Å². The van der Waals surface area contributed by atoms with Gasteiger partial charge in [-0.1, -0.05) is 36.4 Å². The Labute approximate surface area is 194 Å². The molecule has 0 spiro atoms. The number of carbonyl (C=O) groups is 1. The minimum absolute atomic E-state index is 0.132. The van der Waals surface area contributed by atoms with Crippen molar-refractivity contribution < 1.29 is 4.79 Å². The van der Waals surface area contributed by atoms with Crippen molar-refractivity contribution in [1.82, 2.24) is 14.4 Å². The highest BCUT2D eigenvalue weighted by atomic mass is 16.2. The summed E-state index contributed by atoms with van der Waals surface area (Å²) in [5.74, 6) is 1.09. The van der Waals surface area contributed by atoms with Crippen LogP contribution in [-0.2, 0) is 11.3 Å². The van der Waals surface area contributed by atoms with E-state index in [4.69, 9.17) is 0 Å². The normalized spacial score (nSPS) is 23.5. The Hall–Kier alpha value is -2.92. The minimum atomic E-state index is 0.132. The van der Waals surface area contributed by atoms with Crippen molar-refractivity contribution >= 4 is 16.7 Å². The molecule has 3 aromatic rings. The van der Waals surface area contributed by atoms with Crippen molar-refractivity contribution in [2.45, 2.75) is 44.7 Å². The number of benzene rings is 2. The molecule has 0 unspecified atom stereocenters. The van der Waals surface area contributed by atoms with E-state index in [0.717, 1.165) is 52.0 Å². The lowest BCUT2D eigenvalue weighted by Gasteiger charge is -2.48. The van der Waals surface area contributed by atoms with Crippen LogP contribution >= 0.6 is 0 Å². The van der Waals surface area contributed by atoms with Gasteiger partial charge in [0.1, 0.15) is 0 Å². The number of nitrogens with zero attached hydrogens (tertiary/aromatic N) is 3. The van der Waals surface area contributed by atoms with E-state index in [9.17, 15) is 9.59 Å². The molecule has 2 bridgehead atoms. The summed E-state index contributed by atoms with van der Waals surface area (Å²) in [6.45, 7) is 6.29. The summed E-state index contributed by atoms with van der Waals surface area (Å²) in [7, 11) is 0. The van der Waals surface area contributed by atoms with Gasteiger partial charge in [0.15, 0.2) is 0 Å². The molecular formula is C28H31N3O2. The largest absolute Gasteiger partial charge is 0.343 e. The fraction of sp³-hybridized carbons (Fsp3) is 0.429. The van der Waals surface area contributed by atoms with Crippen molar-refractivity contribution in [3.05, 3.63) is 70.6 Å². The zero-order chi connectivity index (χ0) is 22.5. The molecule has 170 valence electrons. The van der Waals surface area contributed by atoms with Gasteiger partial charge in [-0.3, -0.25) is 14.5 Å². The number of fused-ring (bicyclic) bond motifs is 5. The molecule has 3 aliphatic rings. The van der Waals surface area contributed by atoms with E-state index in [1.54, 1.807) is 13.0 Å². The van der Waals surface area contributed by atoms with Gasteiger partial charge < -0.3 is 9.47 Å². The number of amides is 1. The molecule has 2 fully saturated rings. The van der Waals surface area contributed by atoms with Crippen LogP contribution in [0.5, 0.6) is 0 Å². The molecule has 6 rings (SSSR count). The van der Waals surface area contributed by atoms with E-state index in [0.29, 0.717) is 17.9 Å². The third kappa shape index (κ3) is 3.68. The summed E-state index contributed by atoms with van der Waals surface area (Å²) in [6.07, 6.45) is 3.27. The van der Waals surface area contributed by atoms with Gasteiger partial charge >= 0.3 is 0 Å². The fourth-order valence-corrected chi connectivity index (χ4v) is 6.50. The molecule has 1 aromatic heterocycles. The topological polar surface area (TPSA) is 45.6 Å². The third-order valence-electron chi connectivity index (χ3n) is 8.10. The quantitative estimate of drug-likeness (QED) is 0.602. The Kier molecular flexibility index (Phi) is 5.10. The summed E-state index contributed by atoms with van der Waals surface area (Å²) in [5.41, 5.74) is 3.76. The average Bonchev–Trinajstić information content (AvgIpc) is 2.84. The number of rotatable bonds is 2. The number of hydrogen-bond donors (Lipinski definition) is 0. The zero-order valence-electron chi connectivity index (χ0n) is 19.2. The number of hydrogen-bond acceptors (Lipinski definition) is 3. The highest BCUT2D eigenvalue weighted by Gasteiger charge is 2.39. The molecule has 0 radical (unpaired) electrons. The fourth-order valence-electron chi connectivity index (χ4n) is 6.50. The van der Waals surface area contributed by atoms with Gasteiger partial charge in [-0.2, -0.15) is 0 Å². The van der Waals surface area contributed by atoms with Gasteiger partial charge in [0, 0.05) is 68.9 Å². The maximum absolute atomic E-state index is 12.9. The number of pyridine rings is 1. The minimum Gasteiger partial charge on any atom is -0.343 e. The van der Waals surface area contributed by atoms with Gasteiger partial charge in [0.25, 0.3) is 5.56 Å². The molecule has 2 aromatic carbocycles. The smallest absolute Gasteiger partial charge is 0.250 e. The lowest BCUT2D eigenvalue weighted by molar-refractivity contribution is -0.130. The summed E-state index contributed by atoms with van der Waals surface area (Å²) in [4.78, 5) is 29.3. The van der Waals surface area contributed by atoms with Crippen LogP contribution in [0, 0.1) is 5.92 Å². The summed E-state index contributed by atoms with van der Waals surface area (Å²) >= 11 is 0. The first-order valence-electron chi connectivity index (χ1n) is 12.3. The Bertz CT molecular complexity index is 1270. The first kappa shape index (κ1) is 20.7. The van der Waals surface area contributed by atoms with Crippen molar-refractivity contribution in [3.63, 3.8) is 0 Å². The van der Waals surface area contributed by atoms with Gasteiger partial charge in [0.05, 0.1) is 0 Å². The average molecular weight is 442 g/mol. The Morgan fingerprint density at radius 3 is 2.48 bits per heavy atom. The Balaban J connectivity index is 1.34. The van der Waals surface area contributed by atoms with Gasteiger partial charge in [0.2, 0.25) is 5.91 Å². The molecule has 2 atom stereocenters. The van der Waals surface area contributed by atoms with E-state index in [-0.39, 0.29) is 11.5 Å². The van der Waals surface area contributed by atoms with Crippen LogP contribution < -0.4 is 5.56 Å². The maximum atomic E-state index is 12.9. The number of likely N-dealkylation sites (tertiary alicyclic amines) is 2. The summed E-state index contributed by atoms with van der Waals surface area (Å²) < 4.78 is 2.07. The van der Waals surface area contributed by atoms with Crippen LogP contribution in [-0.4, -0.2) is 52.5 Å². The van der Waals surface area contributed by atoms with Crippen molar-refractivity contribution in [2.24, 2.45) is 5.92 Å². The second-order valence-electron chi connectivity index (χ2n) is 10.1. The highest BCUT2D eigenvalue weighted by molar-refractivity contribution is 5.87. The SMILES string of the molecule is CC(=O)N1CCC(N2C[C@H]3C[C@H](C2)c2c(-c4ccc5ccccc5c4)ccc(=O)n2C3)CC1. The molecular weight excluding hydrogens is 410 g/mol. The third-order valence-corrected chi connectivity index (χ3v) is 8.10. The number of carbonyl (C=O) groups excluding carboxylic acids is 1. The molecule has 5 nitrogen and oxygen atoms in total. The zero-order valence-corrected chi connectivity index (χ0v) is 19.2. The Morgan fingerprint density at radius 2 is 1.70 bits per heavy atom. The molecule has 0 N–H and O–H groups in total. The van der Waals surface area contributed by atoms with E-state index in [1.807, 2.05) is 11.0 Å². The number of aromatic nitrogens is 1. The highest BCUT2D eigenvalue weighted by Crippen LogP contribution is 2.41. The molecule has 2 saturated heterocycles. The second-order valence-corrected chi connectivity index (χ2v) is 10.1.